The molecule has 0 spiro atoms. The average Bonchev–Trinajstić information content (AvgIpc) is 3.09. The van der Waals surface area contributed by atoms with Gasteiger partial charge < -0.3 is 15.1 Å². The summed E-state index contributed by atoms with van der Waals surface area (Å²) >= 11 is 0. The van der Waals surface area contributed by atoms with Crippen LogP contribution in [0.2, 0.25) is 0 Å². The van der Waals surface area contributed by atoms with Gasteiger partial charge in [0.05, 0.1) is 24.3 Å². The third kappa shape index (κ3) is 3.43. The Balaban J connectivity index is 1.98. The second kappa shape index (κ2) is 6.74. The molecule has 22 heavy (non-hydrogen) atoms. The van der Waals surface area contributed by atoms with Crippen LogP contribution in [0.15, 0.2) is 22.8 Å². The molecule has 0 aromatic carbocycles. The number of nitrogens with one attached hydrogen (secondary N) is 2. The Morgan fingerprint density at radius 2 is 2.32 bits per heavy atom. The van der Waals surface area contributed by atoms with Crippen LogP contribution in [0.5, 0.6) is 0 Å². The number of aromatic nitrogens is 2. The van der Waals surface area contributed by atoms with E-state index in [1.165, 1.54) is 10.9 Å². The number of amides is 1. The SMILES string of the molecule is CCn1nc(C)c([N+](=O)[O-])c1NCC(=O)NCc1ccco1. The second-order valence-electron chi connectivity index (χ2n) is 4.57. The number of rotatable bonds is 7. The highest BCUT2D eigenvalue weighted by atomic mass is 16.6. The van der Waals surface area contributed by atoms with Gasteiger partial charge in [0, 0.05) is 6.54 Å². The summed E-state index contributed by atoms with van der Waals surface area (Å²) in [6.07, 6.45) is 1.52. The summed E-state index contributed by atoms with van der Waals surface area (Å²) in [5, 5.41) is 20.6. The molecule has 2 aromatic rings. The molecule has 9 nitrogen and oxygen atoms in total. The zero-order chi connectivity index (χ0) is 16.1. The molecule has 0 radical (unpaired) electrons. The molecule has 2 aromatic heterocycles. The van der Waals surface area contributed by atoms with Gasteiger partial charge >= 0.3 is 5.69 Å². The van der Waals surface area contributed by atoms with E-state index in [1.54, 1.807) is 19.1 Å². The number of carbonyl (C=O) groups excluding carboxylic acids is 1. The number of nitro groups is 1. The summed E-state index contributed by atoms with van der Waals surface area (Å²) in [4.78, 5) is 22.4. The van der Waals surface area contributed by atoms with Gasteiger partial charge in [0.25, 0.3) is 0 Å². The molecule has 2 heterocycles. The van der Waals surface area contributed by atoms with Gasteiger partial charge in [0.1, 0.15) is 11.5 Å². The van der Waals surface area contributed by atoms with E-state index >= 15 is 0 Å². The van der Waals surface area contributed by atoms with Crippen molar-refractivity contribution >= 4 is 17.4 Å². The van der Waals surface area contributed by atoms with Crippen LogP contribution >= 0.6 is 0 Å². The van der Waals surface area contributed by atoms with Crippen molar-refractivity contribution in [2.75, 3.05) is 11.9 Å². The fourth-order valence-electron chi connectivity index (χ4n) is 2.02. The van der Waals surface area contributed by atoms with Gasteiger partial charge in [0.15, 0.2) is 0 Å². The molecule has 2 rings (SSSR count). The van der Waals surface area contributed by atoms with E-state index in [0.29, 0.717) is 18.0 Å². The maximum Gasteiger partial charge on any atom is 0.333 e. The standard InChI is InChI=1S/C13H17N5O4/c1-3-17-13(12(18(20)21)9(2)16-17)15-8-11(19)14-7-10-5-4-6-22-10/h4-6,15H,3,7-8H2,1-2H3,(H,14,19). The Labute approximate surface area is 126 Å². The fraction of sp³-hybridized carbons (Fsp3) is 0.385. The molecule has 0 aliphatic rings. The molecule has 0 aliphatic carbocycles. The predicted molar refractivity (Wildman–Crippen MR) is 78.3 cm³/mol. The lowest BCUT2D eigenvalue weighted by Gasteiger charge is -2.08. The average molecular weight is 307 g/mol. The summed E-state index contributed by atoms with van der Waals surface area (Å²) in [7, 11) is 0. The highest BCUT2D eigenvalue weighted by molar-refractivity contribution is 5.81. The molecule has 0 bridgehead atoms. The van der Waals surface area contributed by atoms with Crippen molar-refractivity contribution in [1.82, 2.24) is 15.1 Å². The van der Waals surface area contributed by atoms with Crippen molar-refractivity contribution in [3.05, 3.63) is 40.0 Å². The topological polar surface area (TPSA) is 115 Å². The number of nitrogens with zero attached hydrogens (tertiary/aromatic N) is 3. The van der Waals surface area contributed by atoms with Crippen LogP contribution in [-0.2, 0) is 17.9 Å². The summed E-state index contributed by atoms with van der Waals surface area (Å²) in [5.74, 6) is 0.569. The summed E-state index contributed by atoms with van der Waals surface area (Å²) in [5.41, 5.74) is 0.200. The maximum absolute atomic E-state index is 11.8. The van der Waals surface area contributed by atoms with Gasteiger partial charge in [-0.05, 0) is 26.0 Å². The maximum atomic E-state index is 11.8. The number of aryl methyl sites for hydroxylation is 2. The summed E-state index contributed by atoms with van der Waals surface area (Å²) in [6.45, 7) is 4.02. The number of anilines is 1. The minimum Gasteiger partial charge on any atom is -0.467 e. The molecule has 2 N–H and O–H groups in total. The minimum atomic E-state index is -0.502. The Bertz CT molecular complexity index is 662. The lowest BCUT2D eigenvalue weighted by atomic mass is 10.3. The lowest BCUT2D eigenvalue weighted by Crippen LogP contribution is -2.30. The van der Waals surface area contributed by atoms with Gasteiger partial charge in [-0.25, -0.2) is 4.68 Å². The van der Waals surface area contributed by atoms with Crippen LogP contribution in [0, 0.1) is 17.0 Å². The summed E-state index contributed by atoms with van der Waals surface area (Å²) < 4.78 is 6.56. The van der Waals surface area contributed by atoms with Crippen molar-refractivity contribution in [2.45, 2.75) is 26.9 Å². The number of carbonyl (C=O) groups is 1. The molecule has 0 unspecified atom stereocenters. The van der Waals surface area contributed by atoms with Gasteiger partial charge in [-0.1, -0.05) is 0 Å². The molecule has 0 saturated heterocycles. The van der Waals surface area contributed by atoms with Crippen LogP contribution in [0.1, 0.15) is 18.4 Å². The van der Waals surface area contributed by atoms with E-state index in [9.17, 15) is 14.9 Å². The first kappa shape index (κ1) is 15.5. The van der Waals surface area contributed by atoms with Gasteiger partial charge in [0.2, 0.25) is 11.7 Å². The third-order valence-corrected chi connectivity index (χ3v) is 3.03. The highest BCUT2D eigenvalue weighted by Crippen LogP contribution is 2.27. The van der Waals surface area contributed by atoms with Crippen LogP contribution in [0.4, 0.5) is 11.5 Å². The molecule has 9 heteroatoms. The highest BCUT2D eigenvalue weighted by Gasteiger charge is 2.24. The second-order valence-corrected chi connectivity index (χ2v) is 4.57. The quantitative estimate of drug-likeness (QED) is 0.590. The molecule has 0 atom stereocenters. The molecule has 118 valence electrons. The van der Waals surface area contributed by atoms with Crippen LogP contribution < -0.4 is 10.6 Å². The zero-order valence-corrected chi connectivity index (χ0v) is 12.3. The first-order chi connectivity index (χ1) is 10.5. The minimum absolute atomic E-state index is 0.0906. The van der Waals surface area contributed by atoms with Crippen LogP contribution in [-0.4, -0.2) is 27.2 Å². The number of hydrogen-bond donors (Lipinski definition) is 2. The smallest absolute Gasteiger partial charge is 0.333 e. The summed E-state index contributed by atoms with van der Waals surface area (Å²) in [6, 6.07) is 3.47. The first-order valence-corrected chi connectivity index (χ1v) is 6.77. The van der Waals surface area contributed by atoms with Crippen molar-refractivity contribution in [3.8, 4) is 0 Å². The Morgan fingerprint density at radius 1 is 1.55 bits per heavy atom. The van der Waals surface area contributed by atoms with E-state index in [4.69, 9.17) is 4.42 Å². The molecular formula is C13H17N5O4. The van der Waals surface area contributed by atoms with Crippen molar-refractivity contribution < 1.29 is 14.1 Å². The van der Waals surface area contributed by atoms with Crippen LogP contribution in [0.25, 0.3) is 0 Å². The Morgan fingerprint density at radius 3 is 2.91 bits per heavy atom. The van der Waals surface area contributed by atoms with E-state index in [-0.39, 0.29) is 30.5 Å². The van der Waals surface area contributed by atoms with Crippen LogP contribution in [0.3, 0.4) is 0 Å². The Hall–Kier alpha value is -2.84. The number of hydrogen-bond acceptors (Lipinski definition) is 6. The van der Waals surface area contributed by atoms with Gasteiger partial charge in [-0.2, -0.15) is 5.10 Å². The predicted octanol–water partition coefficient (Wildman–Crippen LogP) is 1.44. The van der Waals surface area contributed by atoms with E-state index < -0.39 is 4.92 Å². The van der Waals surface area contributed by atoms with Crippen molar-refractivity contribution in [1.29, 1.82) is 0 Å². The number of furan rings is 1. The zero-order valence-electron chi connectivity index (χ0n) is 12.3. The normalized spacial score (nSPS) is 10.5. The first-order valence-electron chi connectivity index (χ1n) is 6.77. The van der Waals surface area contributed by atoms with E-state index in [2.05, 4.69) is 15.7 Å². The molecule has 0 saturated carbocycles. The molecule has 0 aliphatic heterocycles. The largest absolute Gasteiger partial charge is 0.467 e. The Kier molecular flexibility index (Phi) is 4.77. The van der Waals surface area contributed by atoms with Gasteiger partial charge in [-0.3, -0.25) is 14.9 Å². The lowest BCUT2D eigenvalue weighted by molar-refractivity contribution is -0.384. The van der Waals surface area contributed by atoms with Crippen molar-refractivity contribution in [2.24, 2.45) is 0 Å². The van der Waals surface area contributed by atoms with E-state index in [0.717, 1.165) is 0 Å². The molecule has 0 fully saturated rings. The molecular weight excluding hydrogens is 290 g/mol. The van der Waals surface area contributed by atoms with Crippen molar-refractivity contribution in [3.63, 3.8) is 0 Å². The monoisotopic (exact) mass is 307 g/mol. The molecule has 1 amide bonds. The van der Waals surface area contributed by atoms with Gasteiger partial charge in [-0.15, -0.1) is 0 Å². The van der Waals surface area contributed by atoms with E-state index in [1.807, 2.05) is 6.92 Å². The third-order valence-electron chi connectivity index (χ3n) is 3.03. The fourth-order valence-corrected chi connectivity index (χ4v) is 2.02.